The second-order valence-electron chi connectivity index (χ2n) is 6.35. The fourth-order valence-corrected chi connectivity index (χ4v) is 3.23. The molecule has 0 bridgehead atoms. The smallest absolute Gasteiger partial charge is 0.253 e. The van der Waals surface area contributed by atoms with E-state index in [-0.39, 0.29) is 18.4 Å². The van der Waals surface area contributed by atoms with E-state index in [0.29, 0.717) is 37.7 Å². The van der Waals surface area contributed by atoms with Crippen LogP contribution in [0, 0.1) is 0 Å². The SMILES string of the molecule is O=C(NCC(=O)N1CCN(c2ncccn2)CC1)c1c[nH]c2ccccc12. The molecule has 1 saturated heterocycles. The maximum Gasteiger partial charge on any atom is 0.253 e. The van der Waals surface area contributed by atoms with Gasteiger partial charge in [-0.3, -0.25) is 9.59 Å². The zero-order chi connectivity index (χ0) is 18.6. The topological polar surface area (TPSA) is 94.2 Å². The largest absolute Gasteiger partial charge is 0.360 e. The Balaban J connectivity index is 1.30. The number of aromatic nitrogens is 3. The number of hydrogen-bond donors (Lipinski definition) is 2. The third kappa shape index (κ3) is 3.59. The number of para-hydroxylation sites is 1. The van der Waals surface area contributed by atoms with Crippen LogP contribution in [-0.2, 0) is 4.79 Å². The zero-order valence-electron chi connectivity index (χ0n) is 14.8. The highest BCUT2D eigenvalue weighted by Gasteiger charge is 2.23. The molecular weight excluding hydrogens is 344 g/mol. The van der Waals surface area contributed by atoms with Crippen molar-refractivity contribution in [3.8, 4) is 0 Å². The molecule has 8 nitrogen and oxygen atoms in total. The molecule has 1 fully saturated rings. The Morgan fingerprint density at radius 2 is 1.78 bits per heavy atom. The molecule has 2 aromatic heterocycles. The van der Waals surface area contributed by atoms with Gasteiger partial charge in [0.15, 0.2) is 0 Å². The molecule has 0 saturated carbocycles. The summed E-state index contributed by atoms with van der Waals surface area (Å²) in [6.45, 7) is 2.50. The minimum atomic E-state index is -0.253. The van der Waals surface area contributed by atoms with Crippen molar-refractivity contribution < 1.29 is 9.59 Å². The number of hydrogen-bond acceptors (Lipinski definition) is 5. The van der Waals surface area contributed by atoms with Gasteiger partial charge >= 0.3 is 0 Å². The third-order valence-corrected chi connectivity index (χ3v) is 4.70. The van der Waals surface area contributed by atoms with Crippen molar-refractivity contribution in [2.45, 2.75) is 0 Å². The van der Waals surface area contributed by atoms with E-state index in [1.165, 1.54) is 0 Å². The number of piperazine rings is 1. The van der Waals surface area contributed by atoms with Crippen molar-refractivity contribution in [3.05, 3.63) is 54.5 Å². The highest BCUT2D eigenvalue weighted by Crippen LogP contribution is 2.17. The Morgan fingerprint density at radius 1 is 1.04 bits per heavy atom. The van der Waals surface area contributed by atoms with Crippen LogP contribution in [0.3, 0.4) is 0 Å². The molecule has 4 rings (SSSR count). The van der Waals surface area contributed by atoms with Gasteiger partial charge in [0.25, 0.3) is 5.91 Å². The number of nitrogens with one attached hydrogen (secondary N) is 2. The van der Waals surface area contributed by atoms with E-state index in [1.807, 2.05) is 29.2 Å². The summed E-state index contributed by atoms with van der Waals surface area (Å²) in [5, 5.41) is 3.57. The second-order valence-corrected chi connectivity index (χ2v) is 6.35. The minimum Gasteiger partial charge on any atom is -0.360 e. The quantitative estimate of drug-likeness (QED) is 0.721. The minimum absolute atomic E-state index is 0.0137. The first kappa shape index (κ1) is 17.0. The average molecular weight is 364 g/mol. The molecule has 1 aliphatic rings. The van der Waals surface area contributed by atoms with Gasteiger partial charge in [-0.2, -0.15) is 0 Å². The number of H-pyrrole nitrogens is 1. The van der Waals surface area contributed by atoms with Gasteiger partial charge in [-0.05, 0) is 12.1 Å². The van der Waals surface area contributed by atoms with Crippen LogP contribution in [-0.4, -0.2) is 64.4 Å². The number of benzene rings is 1. The molecule has 1 aromatic carbocycles. The van der Waals surface area contributed by atoms with Crippen LogP contribution in [0.2, 0.25) is 0 Å². The molecule has 27 heavy (non-hydrogen) atoms. The first-order chi connectivity index (χ1) is 13.2. The van der Waals surface area contributed by atoms with E-state index < -0.39 is 0 Å². The molecule has 2 amide bonds. The van der Waals surface area contributed by atoms with Gasteiger partial charge in [-0.1, -0.05) is 18.2 Å². The summed E-state index contributed by atoms with van der Waals surface area (Å²) in [6, 6.07) is 9.36. The average Bonchev–Trinajstić information content (AvgIpc) is 3.17. The van der Waals surface area contributed by atoms with Crippen LogP contribution >= 0.6 is 0 Å². The zero-order valence-corrected chi connectivity index (χ0v) is 14.8. The standard InChI is InChI=1S/C19H20N6O2/c26-17(24-8-10-25(11-9-24)19-20-6-3-7-21-19)13-23-18(27)15-12-22-16-5-2-1-4-14(15)16/h1-7,12,22H,8-11,13H2,(H,23,27). The summed E-state index contributed by atoms with van der Waals surface area (Å²) in [6.07, 6.45) is 5.09. The fourth-order valence-electron chi connectivity index (χ4n) is 3.23. The normalized spacial score (nSPS) is 14.4. The van der Waals surface area contributed by atoms with Gasteiger partial charge in [0.2, 0.25) is 11.9 Å². The second kappa shape index (κ2) is 7.45. The first-order valence-corrected chi connectivity index (χ1v) is 8.86. The molecule has 3 heterocycles. The van der Waals surface area contributed by atoms with Gasteiger partial charge in [0.05, 0.1) is 12.1 Å². The number of nitrogens with zero attached hydrogens (tertiary/aromatic N) is 4. The highest BCUT2D eigenvalue weighted by molar-refractivity contribution is 6.07. The van der Waals surface area contributed by atoms with Crippen LogP contribution in [0.15, 0.2) is 48.9 Å². The summed E-state index contributed by atoms with van der Waals surface area (Å²) in [7, 11) is 0. The molecule has 0 unspecified atom stereocenters. The van der Waals surface area contributed by atoms with E-state index in [9.17, 15) is 9.59 Å². The number of carbonyl (C=O) groups is 2. The van der Waals surface area contributed by atoms with Gasteiger partial charge in [0.1, 0.15) is 0 Å². The Kier molecular flexibility index (Phi) is 4.69. The Morgan fingerprint density at radius 3 is 2.56 bits per heavy atom. The number of anilines is 1. The Hall–Kier alpha value is -3.42. The highest BCUT2D eigenvalue weighted by atomic mass is 16.2. The van der Waals surface area contributed by atoms with E-state index in [0.717, 1.165) is 10.9 Å². The molecule has 0 aliphatic carbocycles. The molecular formula is C19H20N6O2. The van der Waals surface area contributed by atoms with E-state index in [2.05, 4.69) is 20.3 Å². The van der Waals surface area contributed by atoms with Crippen LogP contribution < -0.4 is 10.2 Å². The van der Waals surface area contributed by atoms with E-state index in [1.54, 1.807) is 29.6 Å². The monoisotopic (exact) mass is 364 g/mol. The lowest BCUT2D eigenvalue weighted by Gasteiger charge is -2.34. The summed E-state index contributed by atoms with van der Waals surface area (Å²) in [5.41, 5.74) is 1.44. The van der Waals surface area contributed by atoms with Gasteiger partial charge < -0.3 is 20.1 Å². The van der Waals surface area contributed by atoms with Crippen molar-refractivity contribution in [1.29, 1.82) is 0 Å². The summed E-state index contributed by atoms with van der Waals surface area (Å²) in [5.74, 6) is 0.339. The lowest BCUT2D eigenvalue weighted by atomic mass is 10.1. The molecule has 0 radical (unpaired) electrons. The number of carbonyl (C=O) groups excluding carboxylic acids is 2. The molecule has 2 N–H and O–H groups in total. The van der Waals surface area contributed by atoms with Crippen LogP contribution in [0.4, 0.5) is 5.95 Å². The van der Waals surface area contributed by atoms with Crippen molar-refractivity contribution in [2.75, 3.05) is 37.6 Å². The summed E-state index contributed by atoms with van der Waals surface area (Å²) >= 11 is 0. The van der Waals surface area contributed by atoms with Gasteiger partial charge in [-0.25, -0.2) is 9.97 Å². The molecule has 1 aliphatic heterocycles. The lowest BCUT2D eigenvalue weighted by Crippen LogP contribution is -2.51. The lowest BCUT2D eigenvalue weighted by molar-refractivity contribution is -0.130. The summed E-state index contributed by atoms with van der Waals surface area (Å²) in [4.78, 5) is 40.2. The molecule has 138 valence electrons. The van der Waals surface area contributed by atoms with E-state index in [4.69, 9.17) is 0 Å². The molecule has 8 heteroatoms. The van der Waals surface area contributed by atoms with Crippen molar-refractivity contribution in [3.63, 3.8) is 0 Å². The number of aromatic amines is 1. The third-order valence-electron chi connectivity index (χ3n) is 4.70. The number of fused-ring (bicyclic) bond motifs is 1. The predicted molar refractivity (Wildman–Crippen MR) is 101 cm³/mol. The van der Waals surface area contributed by atoms with Crippen molar-refractivity contribution in [2.24, 2.45) is 0 Å². The first-order valence-electron chi connectivity index (χ1n) is 8.86. The maximum atomic E-state index is 12.4. The van der Waals surface area contributed by atoms with Crippen molar-refractivity contribution in [1.82, 2.24) is 25.2 Å². The number of rotatable bonds is 4. The van der Waals surface area contributed by atoms with Crippen molar-refractivity contribution >= 4 is 28.7 Å². The van der Waals surface area contributed by atoms with Crippen LogP contribution in [0.25, 0.3) is 10.9 Å². The Labute approximate surface area is 156 Å². The van der Waals surface area contributed by atoms with Crippen LogP contribution in [0.1, 0.15) is 10.4 Å². The van der Waals surface area contributed by atoms with Gasteiger partial charge in [0, 0.05) is 55.7 Å². The van der Waals surface area contributed by atoms with Gasteiger partial charge in [-0.15, -0.1) is 0 Å². The molecule has 0 spiro atoms. The molecule has 0 atom stereocenters. The summed E-state index contributed by atoms with van der Waals surface area (Å²) < 4.78 is 0. The van der Waals surface area contributed by atoms with Crippen LogP contribution in [0.5, 0.6) is 0 Å². The number of amides is 2. The fraction of sp³-hybridized carbons (Fsp3) is 0.263. The Bertz CT molecular complexity index is 947. The van der Waals surface area contributed by atoms with E-state index >= 15 is 0 Å². The predicted octanol–water partition coefficient (Wildman–Crippen LogP) is 1.04. The molecule has 3 aromatic rings. The maximum absolute atomic E-state index is 12.4.